The molecule has 0 aromatic heterocycles. The predicted octanol–water partition coefficient (Wildman–Crippen LogP) is 3.99. The molecule has 1 atom stereocenters. The smallest absolute Gasteiger partial charge is 0.145 e. The Labute approximate surface area is 124 Å². The van der Waals surface area contributed by atoms with Gasteiger partial charge in [-0.25, -0.2) is 4.39 Å². The zero-order chi connectivity index (χ0) is 13.8. The summed E-state index contributed by atoms with van der Waals surface area (Å²) in [6.07, 6.45) is 0.430. The van der Waals surface area contributed by atoms with Crippen LogP contribution in [0.25, 0.3) is 0 Å². The molecular weight excluding hydrogens is 331 g/mol. The van der Waals surface area contributed by atoms with Gasteiger partial charge in [0.2, 0.25) is 0 Å². The lowest BCUT2D eigenvalue weighted by molar-refractivity contribution is 0.529. The van der Waals surface area contributed by atoms with Crippen LogP contribution < -0.4 is 11.3 Å². The Morgan fingerprint density at radius 2 is 2.00 bits per heavy atom. The lowest BCUT2D eigenvalue weighted by Crippen LogP contribution is -2.29. The van der Waals surface area contributed by atoms with Gasteiger partial charge in [-0.3, -0.25) is 11.3 Å². The largest absolute Gasteiger partial charge is 0.271 e. The van der Waals surface area contributed by atoms with Gasteiger partial charge in [-0.15, -0.1) is 0 Å². The molecule has 5 heteroatoms. The highest BCUT2D eigenvalue weighted by Gasteiger charge is 2.14. The number of nitrogens with two attached hydrogens (primary N) is 1. The second-order valence-electron chi connectivity index (χ2n) is 4.19. The first-order chi connectivity index (χ1) is 9.11. The molecule has 0 aliphatic carbocycles. The normalized spacial score (nSPS) is 12.4. The molecule has 0 aliphatic rings. The zero-order valence-corrected chi connectivity index (χ0v) is 12.4. The first-order valence-corrected chi connectivity index (χ1v) is 6.93. The van der Waals surface area contributed by atoms with Gasteiger partial charge in [-0.2, -0.15) is 0 Å². The number of rotatable bonds is 4. The van der Waals surface area contributed by atoms with Crippen LogP contribution in [0.1, 0.15) is 17.2 Å². The SMILES string of the molecule is NNC(Cc1cccc(Cl)c1F)c1cccc(Br)c1. The van der Waals surface area contributed by atoms with Gasteiger partial charge in [0.1, 0.15) is 5.82 Å². The number of hydrogen-bond donors (Lipinski definition) is 2. The van der Waals surface area contributed by atoms with Crippen molar-refractivity contribution in [2.45, 2.75) is 12.5 Å². The molecule has 0 radical (unpaired) electrons. The molecule has 0 spiro atoms. The van der Waals surface area contributed by atoms with Gasteiger partial charge in [0.25, 0.3) is 0 Å². The van der Waals surface area contributed by atoms with Crippen LogP contribution in [0.2, 0.25) is 5.02 Å². The van der Waals surface area contributed by atoms with Crippen molar-refractivity contribution < 1.29 is 4.39 Å². The van der Waals surface area contributed by atoms with Crippen molar-refractivity contribution in [1.29, 1.82) is 0 Å². The molecule has 2 aromatic carbocycles. The molecule has 0 bridgehead atoms. The predicted molar refractivity (Wildman–Crippen MR) is 79.3 cm³/mol. The van der Waals surface area contributed by atoms with Crippen molar-refractivity contribution in [3.05, 3.63) is 68.9 Å². The second kappa shape index (κ2) is 6.48. The number of benzene rings is 2. The molecular formula is C14H13BrClFN2. The lowest BCUT2D eigenvalue weighted by Gasteiger charge is -2.17. The molecule has 2 aromatic rings. The maximum atomic E-state index is 13.9. The van der Waals surface area contributed by atoms with E-state index in [1.54, 1.807) is 12.1 Å². The topological polar surface area (TPSA) is 38.0 Å². The van der Waals surface area contributed by atoms with Crippen LogP contribution in [-0.4, -0.2) is 0 Å². The average molecular weight is 344 g/mol. The quantitative estimate of drug-likeness (QED) is 0.651. The summed E-state index contributed by atoms with van der Waals surface area (Å²) in [5.41, 5.74) is 4.23. The third kappa shape index (κ3) is 3.54. The molecule has 2 rings (SSSR count). The fourth-order valence-electron chi connectivity index (χ4n) is 1.92. The first kappa shape index (κ1) is 14.5. The second-order valence-corrected chi connectivity index (χ2v) is 5.51. The Morgan fingerprint density at radius 1 is 1.26 bits per heavy atom. The van der Waals surface area contributed by atoms with Crippen LogP contribution in [0.4, 0.5) is 4.39 Å². The van der Waals surface area contributed by atoms with Crippen LogP contribution in [0, 0.1) is 5.82 Å². The van der Waals surface area contributed by atoms with Crippen LogP contribution in [0.15, 0.2) is 46.9 Å². The van der Waals surface area contributed by atoms with Crippen molar-refractivity contribution in [3.8, 4) is 0 Å². The van der Waals surface area contributed by atoms with Crippen LogP contribution >= 0.6 is 27.5 Å². The molecule has 1 unspecified atom stereocenters. The minimum atomic E-state index is -0.389. The number of nitrogens with one attached hydrogen (secondary N) is 1. The standard InChI is InChI=1S/C14H13BrClFN2/c15-11-5-1-3-9(7-11)13(19-18)8-10-4-2-6-12(16)14(10)17/h1-7,13,19H,8,18H2. The first-order valence-electron chi connectivity index (χ1n) is 5.76. The van der Waals surface area contributed by atoms with E-state index < -0.39 is 0 Å². The van der Waals surface area contributed by atoms with Gasteiger partial charge in [0, 0.05) is 4.47 Å². The summed E-state index contributed by atoms with van der Waals surface area (Å²) < 4.78 is 14.8. The van der Waals surface area contributed by atoms with Gasteiger partial charge >= 0.3 is 0 Å². The number of halogens is 3. The molecule has 2 nitrogen and oxygen atoms in total. The highest BCUT2D eigenvalue weighted by molar-refractivity contribution is 9.10. The minimum absolute atomic E-state index is 0.127. The number of hydrazine groups is 1. The molecule has 0 amide bonds. The van der Waals surface area contributed by atoms with E-state index in [0.29, 0.717) is 12.0 Å². The fraction of sp³-hybridized carbons (Fsp3) is 0.143. The van der Waals surface area contributed by atoms with E-state index >= 15 is 0 Å². The van der Waals surface area contributed by atoms with E-state index in [1.165, 1.54) is 6.07 Å². The lowest BCUT2D eigenvalue weighted by atomic mass is 9.99. The Balaban J connectivity index is 2.26. The van der Waals surface area contributed by atoms with Crippen LogP contribution in [0.5, 0.6) is 0 Å². The Kier molecular flexibility index (Phi) is 4.93. The van der Waals surface area contributed by atoms with E-state index in [0.717, 1.165) is 10.0 Å². The average Bonchev–Trinajstić information content (AvgIpc) is 2.40. The van der Waals surface area contributed by atoms with Gasteiger partial charge in [0.05, 0.1) is 11.1 Å². The minimum Gasteiger partial charge on any atom is -0.271 e. The van der Waals surface area contributed by atoms with Crippen LogP contribution in [0.3, 0.4) is 0 Å². The molecule has 19 heavy (non-hydrogen) atoms. The maximum Gasteiger partial charge on any atom is 0.145 e. The molecule has 0 heterocycles. The Bertz CT molecular complexity index is 577. The molecule has 100 valence electrons. The molecule has 0 saturated carbocycles. The third-order valence-electron chi connectivity index (χ3n) is 2.91. The van der Waals surface area contributed by atoms with Crippen molar-refractivity contribution in [1.82, 2.24) is 5.43 Å². The molecule has 0 aliphatic heterocycles. The van der Waals surface area contributed by atoms with E-state index in [1.807, 2.05) is 24.3 Å². The van der Waals surface area contributed by atoms with E-state index in [2.05, 4.69) is 21.4 Å². The summed E-state index contributed by atoms with van der Waals surface area (Å²) in [5.74, 6) is 5.18. The van der Waals surface area contributed by atoms with Gasteiger partial charge in [-0.1, -0.05) is 51.8 Å². The highest BCUT2D eigenvalue weighted by Crippen LogP contribution is 2.25. The molecule has 3 N–H and O–H groups in total. The summed E-state index contributed by atoms with van der Waals surface area (Å²) in [6.45, 7) is 0. The van der Waals surface area contributed by atoms with E-state index in [-0.39, 0.29) is 16.9 Å². The Morgan fingerprint density at radius 3 is 2.68 bits per heavy atom. The van der Waals surface area contributed by atoms with Crippen molar-refractivity contribution in [3.63, 3.8) is 0 Å². The summed E-state index contributed by atoms with van der Waals surface area (Å²) >= 11 is 9.18. The van der Waals surface area contributed by atoms with E-state index in [4.69, 9.17) is 17.4 Å². The summed E-state index contributed by atoms with van der Waals surface area (Å²) in [6, 6.07) is 12.5. The maximum absolute atomic E-state index is 13.9. The zero-order valence-electron chi connectivity index (χ0n) is 10.0. The van der Waals surface area contributed by atoms with Gasteiger partial charge in [0.15, 0.2) is 0 Å². The number of hydrogen-bond acceptors (Lipinski definition) is 2. The van der Waals surface area contributed by atoms with E-state index in [9.17, 15) is 4.39 Å². The van der Waals surface area contributed by atoms with Crippen molar-refractivity contribution in [2.75, 3.05) is 0 Å². The summed E-state index contributed by atoms with van der Waals surface area (Å²) in [5, 5.41) is 0.127. The van der Waals surface area contributed by atoms with Crippen molar-refractivity contribution in [2.24, 2.45) is 5.84 Å². The Hall–Kier alpha value is -0.940. The summed E-state index contributed by atoms with van der Waals surface area (Å²) in [7, 11) is 0. The van der Waals surface area contributed by atoms with Gasteiger partial charge in [-0.05, 0) is 35.7 Å². The molecule has 0 fully saturated rings. The van der Waals surface area contributed by atoms with Gasteiger partial charge < -0.3 is 0 Å². The molecule has 0 saturated heterocycles. The third-order valence-corrected chi connectivity index (χ3v) is 3.69. The highest BCUT2D eigenvalue weighted by atomic mass is 79.9. The fourth-order valence-corrected chi connectivity index (χ4v) is 2.53. The van der Waals surface area contributed by atoms with Crippen LogP contribution in [-0.2, 0) is 6.42 Å². The van der Waals surface area contributed by atoms with Crippen molar-refractivity contribution >= 4 is 27.5 Å². The monoisotopic (exact) mass is 342 g/mol. The summed E-state index contributed by atoms with van der Waals surface area (Å²) in [4.78, 5) is 0.